The van der Waals surface area contributed by atoms with Crippen molar-refractivity contribution in [2.24, 2.45) is 0 Å². The molecule has 0 heterocycles. The normalized spacial score (nSPS) is 13.8. The number of phenols is 1. The SMILES string of the molecule is CCN(CC)S(=O)(=O)c1ccc(O)c(NC(=O)c2ccc(NC3CC3)c([N+](=O)[O-])c2)c1. The number of phenolic OH excluding ortho intramolecular Hbond substituents is 1. The maximum Gasteiger partial charge on any atom is 0.293 e. The highest BCUT2D eigenvalue weighted by atomic mass is 32.2. The highest BCUT2D eigenvalue weighted by Crippen LogP contribution is 2.32. The van der Waals surface area contributed by atoms with Crippen LogP contribution in [-0.2, 0) is 10.0 Å². The van der Waals surface area contributed by atoms with Gasteiger partial charge in [0.2, 0.25) is 10.0 Å². The molecule has 166 valence electrons. The summed E-state index contributed by atoms with van der Waals surface area (Å²) in [6.45, 7) is 3.95. The first-order valence-electron chi connectivity index (χ1n) is 9.86. The van der Waals surface area contributed by atoms with Crippen molar-refractivity contribution in [3.05, 3.63) is 52.1 Å². The van der Waals surface area contributed by atoms with Crippen LogP contribution in [-0.4, -0.2) is 47.8 Å². The number of sulfonamides is 1. The smallest absolute Gasteiger partial charge is 0.293 e. The number of hydrogen-bond acceptors (Lipinski definition) is 7. The molecule has 0 spiro atoms. The number of aromatic hydroxyl groups is 1. The predicted octanol–water partition coefficient (Wildman–Crippen LogP) is 3.16. The van der Waals surface area contributed by atoms with Crippen molar-refractivity contribution in [2.75, 3.05) is 23.7 Å². The van der Waals surface area contributed by atoms with E-state index < -0.39 is 20.9 Å². The first-order chi connectivity index (χ1) is 14.7. The lowest BCUT2D eigenvalue weighted by Crippen LogP contribution is -2.30. The summed E-state index contributed by atoms with van der Waals surface area (Å²) in [6, 6.07) is 7.84. The van der Waals surface area contributed by atoms with Crippen LogP contribution < -0.4 is 10.6 Å². The largest absolute Gasteiger partial charge is 0.506 e. The number of benzene rings is 2. The van der Waals surface area contributed by atoms with Crippen molar-refractivity contribution < 1.29 is 23.2 Å². The van der Waals surface area contributed by atoms with Gasteiger partial charge in [0.15, 0.2) is 0 Å². The lowest BCUT2D eigenvalue weighted by atomic mass is 10.1. The summed E-state index contributed by atoms with van der Waals surface area (Å²) < 4.78 is 26.7. The second-order valence-corrected chi connectivity index (χ2v) is 9.07. The van der Waals surface area contributed by atoms with E-state index in [1.54, 1.807) is 13.8 Å². The Bertz CT molecular complexity index is 1110. The molecule has 1 aliphatic rings. The molecule has 0 bridgehead atoms. The van der Waals surface area contributed by atoms with Crippen molar-refractivity contribution >= 4 is 33.0 Å². The first kappa shape index (κ1) is 22.5. The average molecular weight is 449 g/mol. The maximum atomic E-state index is 12.7. The Labute approximate surface area is 180 Å². The van der Waals surface area contributed by atoms with Crippen LogP contribution in [0.15, 0.2) is 41.3 Å². The van der Waals surface area contributed by atoms with Crippen LogP contribution in [0.5, 0.6) is 5.75 Å². The van der Waals surface area contributed by atoms with Gasteiger partial charge in [-0.05, 0) is 43.2 Å². The summed E-state index contributed by atoms with van der Waals surface area (Å²) in [5, 5.41) is 27.0. The lowest BCUT2D eigenvalue weighted by molar-refractivity contribution is -0.384. The molecule has 0 atom stereocenters. The number of anilines is 2. The monoisotopic (exact) mass is 448 g/mol. The van der Waals surface area contributed by atoms with Crippen molar-refractivity contribution in [3.63, 3.8) is 0 Å². The fraction of sp³-hybridized carbons (Fsp3) is 0.350. The summed E-state index contributed by atoms with van der Waals surface area (Å²) in [4.78, 5) is 23.4. The van der Waals surface area contributed by atoms with Crippen LogP contribution >= 0.6 is 0 Å². The van der Waals surface area contributed by atoms with Crippen LogP contribution in [0.4, 0.5) is 17.1 Å². The number of nitro benzene ring substituents is 1. The summed E-state index contributed by atoms with van der Waals surface area (Å²) in [5.41, 5.74) is -0.00800. The van der Waals surface area contributed by atoms with Gasteiger partial charge in [0.1, 0.15) is 11.4 Å². The van der Waals surface area contributed by atoms with Crippen molar-refractivity contribution in [2.45, 2.75) is 37.6 Å². The summed E-state index contributed by atoms with van der Waals surface area (Å²) >= 11 is 0. The Balaban J connectivity index is 1.88. The molecule has 1 aliphatic carbocycles. The quantitative estimate of drug-likeness (QED) is 0.304. The Morgan fingerprint density at radius 2 is 1.84 bits per heavy atom. The summed E-state index contributed by atoms with van der Waals surface area (Å²) in [5.74, 6) is -1.04. The minimum atomic E-state index is -3.80. The van der Waals surface area contributed by atoms with Crippen molar-refractivity contribution in [1.82, 2.24) is 4.31 Å². The molecule has 11 heteroatoms. The summed E-state index contributed by atoms with van der Waals surface area (Å²) in [6.07, 6.45) is 1.87. The Hall–Kier alpha value is -3.18. The zero-order valence-electron chi connectivity index (χ0n) is 17.2. The minimum absolute atomic E-state index is 0.00412. The van der Waals surface area contributed by atoms with Gasteiger partial charge in [0.05, 0.1) is 15.5 Å². The molecule has 3 rings (SSSR count). The number of carbonyl (C=O) groups is 1. The van der Waals surface area contributed by atoms with E-state index in [0.29, 0.717) is 5.69 Å². The van der Waals surface area contributed by atoms with Gasteiger partial charge >= 0.3 is 0 Å². The zero-order valence-corrected chi connectivity index (χ0v) is 18.0. The van der Waals surface area contributed by atoms with Crippen LogP contribution in [0, 0.1) is 10.1 Å². The fourth-order valence-electron chi connectivity index (χ4n) is 3.08. The van der Waals surface area contributed by atoms with Gasteiger partial charge in [0, 0.05) is 30.8 Å². The highest BCUT2D eigenvalue weighted by Gasteiger charge is 2.26. The number of nitrogens with one attached hydrogen (secondary N) is 2. The molecule has 0 aromatic heterocycles. The predicted molar refractivity (Wildman–Crippen MR) is 116 cm³/mol. The number of nitro groups is 1. The van der Waals surface area contributed by atoms with Gasteiger partial charge in [-0.3, -0.25) is 14.9 Å². The average Bonchev–Trinajstić information content (AvgIpc) is 3.54. The second kappa shape index (κ2) is 8.90. The summed E-state index contributed by atoms with van der Waals surface area (Å²) in [7, 11) is -3.80. The number of rotatable bonds is 9. The lowest BCUT2D eigenvalue weighted by Gasteiger charge is -2.19. The molecule has 0 radical (unpaired) electrons. The molecule has 10 nitrogen and oxygen atoms in total. The Kier molecular flexibility index (Phi) is 6.46. The molecular weight excluding hydrogens is 424 g/mol. The van der Waals surface area contributed by atoms with E-state index in [2.05, 4.69) is 10.6 Å². The number of carbonyl (C=O) groups excluding carboxylic acids is 1. The molecule has 31 heavy (non-hydrogen) atoms. The number of hydrogen-bond donors (Lipinski definition) is 3. The van der Waals surface area contributed by atoms with E-state index in [1.165, 1.54) is 28.6 Å². The molecule has 0 saturated heterocycles. The topological polar surface area (TPSA) is 142 Å². The molecule has 0 aliphatic heterocycles. The number of amides is 1. The molecule has 1 fully saturated rings. The van der Waals surface area contributed by atoms with Crippen molar-refractivity contribution in [3.8, 4) is 5.75 Å². The maximum absolute atomic E-state index is 12.7. The third-order valence-corrected chi connectivity index (χ3v) is 7.00. The van der Waals surface area contributed by atoms with Crippen LogP contribution in [0.3, 0.4) is 0 Å². The van der Waals surface area contributed by atoms with E-state index in [4.69, 9.17) is 0 Å². The van der Waals surface area contributed by atoms with Crippen LogP contribution in [0.1, 0.15) is 37.0 Å². The molecule has 2 aromatic rings. The third kappa shape index (κ3) is 4.94. The van der Waals surface area contributed by atoms with Gasteiger partial charge in [-0.1, -0.05) is 13.8 Å². The fourth-order valence-corrected chi connectivity index (χ4v) is 4.56. The Morgan fingerprint density at radius 1 is 1.16 bits per heavy atom. The third-order valence-electron chi connectivity index (χ3n) is 4.95. The number of nitrogens with zero attached hydrogens (tertiary/aromatic N) is 2. The van der Waals surface area contributed by atoms with E-state index in [9.17, 15) is 28.4 Å². The van der Waals surface area contributed by atoms with Gasteiger partial charge in [0.25, 0.3) is 11.6 Å². The van der Waals surface area contributed by atoms with E-state index in [1.807, 2.05) is 0 Å². The zero-order chi connectivity index (χ0) is 22.8. The van der Waals surface area contributed by atoms with Gasteiger partial charge in [-0.25, -0.2) is 8.42 Å². The highest BCUT2D eigenvalue weighted by molar-refractivity contribution is 7.89. The van der Waals surface area contributed by atoms with Crippen molar-refractivity contribution in [1.29, 1.82) is 0 Å². The molecular formula is C20H24N4O6S. The standard InChI is InChI=1S/C20H24N4O6S/c1-3-23(4-2)31(29,30)15-8-10-19(25)17(12-15)22-20(26)13-5-9-16(21-14-6-7-14)18(11-13)24(27)28/h5,8-12,14,21,25H,3-4,6-7H2,1-2H3,(H,22,26). The van der Waals surface area contributed by atoms with E-state index in [-0.39, 0.29) is 46.7 Å². The Morgan fingerprint density at radius 3 is 2.42 bits per heavy atom. The molecule has 1 saturated carbocycles. The molecule has 0 unspecified atom stereocenters. The van der Waals surface area contributed by atoms with Gasteiger partial charge < -0.3 is 15.7 Å². The van der Waals surface area contributed by atoms with Crippen LogP contribution in [0.25, 0.3) is 0 Å². The van der Waals surface area contributed by atoms with E-state index >= 15 is 0 Å². The van der Waals surface area contributed by atoms with Gasteiger partial charge in [-0.15, -0.1) is 0 Å². The van der Waals surface area contributed by atoms with E-state index in [0.717, 1.165) is 25.0 Å². The molecule has 2 aromatic carbocycles. The first-order valence-corrected chi connectivity index (χ1v) is 11.3. The minimum Gasteiger partial charge on any atom is -0.506 e. The van der Waals surface area contributed by atoms with Crippen LogP contribution in [0.2, 0.25) is 0 Å². The second-order valence-electron chi connectivity index (χ2n) is 7.13. The molecule has 3 N–H and O–H groups in total. The molecule has 1 amide bonds. The van der Waals surface area contributed by atoms with Gasteiger partial charge in [-0.2, -0.15) is 4.31 Å².